The SMILES string of the molecule is c1ccc(-c2nc(-c3ccccc3)nc(-c3ccc(-c4cccc5oc6cc(-c7ccc8ccccc8c7)ccc6c45)c4ccccc34)n2)cc1. The average Bonchev–Trinajstić information content (AvgIpc) is 3.59. The molecule has 0 fully saturated rings. The van der Waals surface area contributed by atoms with Crippen LogP contribution in [0.15, 0.2) is 180 Å². The lowest BCUT2D eigenvalue weighted by atomic mass is 9.92. The van der Waals surface area contributed by atoms with E-state index >= 15 is 0 Å². The van der Waals surface area contributed by atoms with E-state index in [1.807, 2.05) is 60.7 Å². The standard InChI is InChI=1S/C47H29N3O/c1-3-13-31(14-4-1)45-48-46(32-15-5-2-6-16-32)50-47(49-45)40-27-26-38(36-18-9-10-19-37(36)40)39-20-11-21-42-44(39)41-25-24-35(29-43(41)51-42)34-23-22-30-12-7-8-17-33(30)28-34/h1-29H. The smallest absolute Gasteiger partial charge is 0.164 e. The highest BCUT2D eigenvalue weighted by molar-refractivity contribution is 6.16. The number of hydrogen-bond acceptors (Lipinski definition) is 4. The highest BCUT2D eigenvalue weighted by atomic mass is 16.3. The Morgan fingerprint density at radius 1 is 0.314 bits per heavy atom. The summed E-state index contributed by atoms with van der Waals surface area (Å²) in [6, 6.07) is 61.0. The number of aromatic nitrogens is 3. The molecule has 8 aromatic carbocycles. The minimum Gasteiger partial charge on any atom is -0.456 e. The van der Waals surface area contributed by atoms with Crippen LogP contribution in [-0.2, 0) is 0 Å². The maximum absolute atomic E-state index is 6.55. The van der Waals surface area contributed by atoms with Gasteiger partial charge in [0.15, 0.2) is 17.5 Å². The zero-order valence-corrected chi connectivity index (χ0v) is 27.5. The van der Waals surface area contributed by atoms with Crippen molar-refractivity contribution < 1.29 is 4.42 Å². The Hall–Kier alpha value is -6.91. The van der Waals surface area contributed by atoms with Crippen LogP contribution in [0.1, 0.15) is 0 Å². The van der Waals surface area contributed by atoms with Crippen LogP contribution >= 0.6 is 0 Å². The van der Waals surface area contributed by atoms with Gasteiger partial charge in [0, 0.05) is 27.5 Å². The molecule has 0 aliphatic heterocycles. The van der Waals surface area contributed by atoms with E-state index in [9.17, 15) is 0 Å². The molecule has 0 N–H and O–H groups in total. The predicted molar refractivity (Wildman–Crippen MR) is 209 cm³/mol. The Bertz CT molecular complexity index is 2860. The van der Waals surface area contributed by atoms with Gasteiger partial charge in [-0.15, -0.1) is 0 Å². The molecule has 0 saturated carbocycles. The van der Waals surface area contributed by atoms with Gasteiger partial charge in [-0.05, 0) is 74.1 Å². The first-order chi connectivity index (χ1) is 25.3. The second-order valence-corrected chi connectivity index (χ2v) is 12.8. The molecule has 0 spiro atoms. The summed E-state index contributed by atoms with van der Waals surface area (Å²) in [5.74, 6) is 1.93. The lowest BCUT2D eigenvalue weighted by Crippen LogP contribution is -2.00. The normalized spacial score (nSPS) is 11.5. The average molecular weight is 652 g/mol. The number of nitrogens with zero attached hydrogens (tertiary/aromatic N) is 3. The van der Waals surface area contributed by atoms with Crippen LogP contribution in [-0.4, -0.2) is 15.0 Å². The van der Waals surface area contributed by atoms with Gasteiger partial charge < -0.3 is 4.42 Å². The van der Waals surface area contributed by atoms with Crippen molar-refractivity contribution in [3.05, 3.63) is 176 Å². The molecule has 0 aliphatic rings. The molecule has 0 bridgehead atoms. The molecule has 2 heterocycles. The number of fused-ring (bicyclic) bond motifs is 5. The Morgan fingerprint density at radius 2 is 0.902 bits per heavy atom. The molecule has 51 heavy (non-hydrogen) atoms. The molecular weight excluding hydrogens is 623 g/mol. The van der Waals surface area contributed by atoms with Gasteiger partial charge in [0.2, 0.25) is 0 Å². The van der Waals surface area contributed by atoms with Crippen LogP contribution in [0.2, 0.25) is 0 Å². The van der Waals surface area contributed by atoms with Gasteiger partial charge in [-0.25, -0.2) is 15.0 Å². The Labute approximate surface area is 294 Å². The maximum atomic E-state index is 6.55. The zero-order valence-electron chi connectivity index (χ0n) is 27.5. The zero-order chi connectivity index (χ0) is 33.7. The fourth-order valence-corrected chi connectivity index (χ4v) is 7.26. The first-order valence-corrected chi connectivity index (χ1v) is 17.1. The molecule has 0 saturated heterocycles. The summed E-state index contributed by atoms with van der Waals surface area (Å²) in [5, 5.41) is 6.85. The van der Waals surface area contributed by atoms with Crippen molar-refractivity contribution in [3.8, 4) is 56.4 Å². The molecule has 10 aromatic rings. The van der Waals surface area contributed by atoms with E-state index in [1.165, 1.54) is 16.3 Å². The van der Waals surface area contributed by atoms with Gasteiger partial charge in [-0.3, -0.25) is 0 Å². The van der Waals surface area contributed by atoms with Crippen LogP contribution in [0.25, 0.3) is 99.9 Å². The van der Waals surface area contributed by atoms with Crippen molar-refractivity contribution in [3.63, 3.8) is 0 Å². The minimum atomic E-state index is 0.638. The lowest BCUT2D eigenvalue weighted by Gasteiger charge is -2.13. The second-order valence-electron chi connectivity index (χ2n) is 12.8. The molecule has 0 amide bonds. The first kappa shape index (κ1) is 29.0. The Morgan fingerprint density at radius 3 is 1.65 bits per heavy atom. The van der Waals surface area contributed by atoms with Crippen molar-refractivity contribution in [1.29, 1.82) is 0 Å². The highest BCUT2D eigenvalue weighted by Gasteiger charge is 2.19. The summed E-state index contributed by atoms with van der Waals surface area (Å²) in [6.07, 6.45) is 0. The Balaban J connectivity index is 1.13. The molecule has 0 unspecified atom stereocenters. The third-order valence-electron chi connectivity index (χ3n) is 9.73. The van der Waals surface area contributed by atoms with Gasteiger partial charge >= 0.3 is 0 Å². The van der Waals surface area contributed by atoms with E-state index in [4.69, 9.17) is 19.4 Å². The monoisotopic (exact) mass is 651 g/mol. The molecular formula is C47H29N3O. The van der Waals surface area contributed by atoms with Crippen LogP contribution in [0, 0.1) is 0 Å². The fourth-order valence-electron chi connectivity index (χ4n) is 7.26. The molecule has 4 nitrogen and oxygen atoms in total. The van der Waals surface area contributed by atoms with Crippen LogP contribution in [0.5, 0.6) is 0 Å². The third kappa shape index (κ3) is 5.04. The van der Waals surface area contributed by atoms with Gasteiger partial charge in [-0.1, -0.05) is 146 Å². The molecule has 0 aliphatic carbocycles. The molecule has 10 rings (SSSR count). The summed E-state index contributed by atoms with van der Waals surface area (Å²) < 4.78 is 6.55. The van der Waals surface area contributed by atoms with Gasteiger partial charge in [-0.2, -0.15) is 0 Å². The van der Waals surface area contributed by atoms with Crippen molar-refractivity contribution in [2.75, 3.05) is 0 Å². The summed E-state index contributed by atoms with van der Waals surface area (Å²) in [4.78, 5) is 15.0. The maximum Gasteiger partial charge on any atom is 0.164 e. The van der Waals surface area contributed by atoms with Crippen molar-refractivity contribution in [2.24, 2.45) is 0 Å². The van der Waals surface area contributed by atoms with E-state index in [2.05, 4.69) is 115 Å². The topological polar surface area (TPSA) is 51.8 Å². The Kier molecular flexibility index (Phi) is 6.78. The summed E-state index contributed by atoms with van der Waals surface area (Å²) in [5.41, 5.74) is 9.13. The molecule has 238 valence electrons. The van der Waals surface area contributed by atoms with E-state index in [0.717, 1.165) is 66.1 Å². The largest absolute Gasteiger partial charge is 0.456 e. The molecule has 2 aromatic heterocycles. The summed E-state index contributed by atoms with van der Waals surface area (Å²) in [7, 11) is 0. The highest BCUT2D eigenvalue weighted by Crippen LogP contribution is 2.42. The van der Waals surface area contributed by atoms with Crippen LogP contribution in [0.3, 0.4) is 0 Å². The van der Waals surface area contributed by atoms with Crippen LogP contribution in [0.4, 0.5) is 0 Å². The van der Waals surface area contributed by atoms with E-state index in [0.29, 0.717) is 17.5 Å². The molecule has 0 radical (unpaired) electrons. The van der Waals surface area contributed by atoms with E-state index in [1.54, 1.807) is 0 Å². The van der Waals surface area contributed by atoms with Gasteiger partial charge in [0.25, 0.3) is 0 Å². The van der Waals surface area contributed by atoms with Crippen molar-refractivity contribution >= 4 is 43.5 Å². The molecule has 0 atom stereocenters. The van der Waals surface area contributed by atoms with E-state index in [-0.39, 0.29) is 0 Å². The van der Waals surface area contributed by atoms with Gasteiger partial charge in [0.1, 0.15) is 11.2 Å². The van der Waals surface area contributed by atoms with Crippen molar-refractivity contribution in [1.82, 2.24) is 15.0 Å². The van der Waals surface area contributed by atoms with Crippen LogP contribution < -0.4 is 0 Å². The number of rotatable bonds is 5. The quantitative estimate of drug-likeness (QED) is 0.186. The summed E-state index contributed by atoms with van der Waals surface area (Å²) >= 11 is 0. The van der Waals surface area contributed by atoms with E-state index < -0.39 is 0 Å². The number of benzene rings is 8. The minimum absolute atomic E-state index is 0.638. The predicted octanol–water partition coefficient (Wildman–Crippen LogP) is 12.4. The van der Waals surface area contributed by atoms with Gasteiger partial charge in [0.05, 0.1) is 0 Å². The third-order valence-corrected chi connectivity index (χ3v) is 9.73. The lowest BCUT2D eigenvalue weighted by molar-refractivity contribution is 0.669. The van der Waals surface area contributed by atoms with Crippen molar-refractivity contribution in [2.45, 2.75) is 0 Å². The fraction of sp³-hybridized carbons (Fsp3) is 0. The number of furan rings is 1. The first-order valence-electron chi connectivity index (χ1n) is 17.1. The second kappa shape index (κ2) is 11.9. The number of hydrogen-bond donors (Lipinski definition) is 0. The molecule has 4 heteroatoms. The summed E-state index contributed by atoms with van der Waals surface area (Å²) in [6.45, 7) is 0.